The summed E-state index contributed by atoms with van der Waals surface area (Å²) in [5, 5.41) is 12.8. The largest absolute Gasteiger partial charge is 0.476 e. The van der Waals surface area contributed by atoms with Gasteiger partial charge in [0.1, 0.15) is 11.4 Å². The van der Waals surface area contributed by atoms with Crippen LogP contribution in [0, 0.1) is 11.8 Å². The molecule has 3 nitrogen and oxygen atoms in total. The molecule has 2 fully saturated rings. The number of hydrogen-bond donors (Lipinski definition) is 1. The molecule has 0 bridgehead atoms. The Morgan fingerprint density at radius 1 is 1.11 bits per heavy atom. The molecule has 2 saturated carbocycles. The van der Waals surface area contributed by atoms with E-state index in [0.29, 0.717) is 22.4 Å². The maximum atomic E-state index is 12.2. The van der Waals surface area contributed by atoms with E-state index in [-0.39, 0.29) is 11.8 Å². The Morgan fingerprint density at radius 2 is 1.86 bits per heavy atom. The fraction of sp³-hybridized carbons (Fsp3) is 0.261. The molecule has 2 heterocycles. The lowest BCUT2D eigenvalue weighted by Crippen LogP contribution is -2.51. The molecule has 1 N–H and O–H groups in total. The van der Waals surface area contributed by atoms with Gasteiger partial charge in [-0.05, 0) is 35.6 Å². The molecule has 0 spiro atoms. The molecule has 5 atom stereocenters. The lowest BCUT2D eigenvalue weighted by atomic mass is 9.69. The van der Waals surface area contributed by atoms with E-state index in [1.807, 2.05) is 30.3 Å². The first kappa shape index (κ1) is 17.0. The van der Waals surface area contributed by atoms with Gasteiger partial charge < -0.3 is 9.84 Å². The highest BCUT2D eigenvalue weighted by Gasteiger charge is 2.81. The van der Waals surface area contributed by atoms with Gasteiger partial charge in [0, 0.05) is 28.6 Å². The second-order valence-corrected chi connectivity index (χ2v) is 9.36. The molecular formula is C23H17BrClNO2. The lowest BCUT2D eigenvalue weighted by molar-refractivity contribution is -0.127. The average molecular weight is 455 g/mol. The molecule has 3 aromatic rings. The van der Waals surface area contributed by atoms with Crippen LogP contribution in [-0.4, -0.2) is 10.1 Å². The second-order valence-electron chi connectivity index (χ2n) is 8.01. The van der Waals surface area contributed by atoms with E-state index < -0.39 is 11.2 Å². The first-order chi connectivity index (χ1) is 13.6. The van der Waals surface area contributed by atoms with Crippen molar-refractivity contribution in [2.75, 3.05) is 0 Å². The molecule has 1 aromatic heterocycles. The highest BCUT2D eigenvalue weighted by molar-refractivity contribution is 9.10. The summed E-state index contributed by atoms with van der Waals surface area (Å²) < 4.78 is 7.68. The Morgan fingerprint density at radius 3 is 2.61 bits per heavy atom. The van der Waals surface area contributed by atoms with Crippen molar-refractivity contribution in [2.24, 2.45) is 11.8 Å². The van der Waals surface area contributed by atoms with Crippen molar-refractivity contribution >= 4 is 27.5 Å². The predicted molar refractivity (Wildman–Crippen MR) is 110 cm³/mol. The molecule has 0 saturated heterocycles. The standard InChI is InChI=1S/C23H17BrClNO2/c24-15-8-6-14(7-9-15)23-20(13-4-2-1-3-5-13)17-11-18(17)22(23,27)21-19(28-23)10-16(25)12-26-21/h1-10,12,17-18,20,27H,11H2/t17-,18+,20-,22-,23+/m1/s1. The topological polar surface area (TPSA) is 42.4 Å². The van der Waals surface area contributed by atoms with E-state index in [0.717, 1.165) is 16.5 Å². The van der Waals surface area contributed by atoms with E-state index in [9.17, 15) is 5.11 Å². The SMILES string of the molecule is O[C@]12c3ncc(Cl)cc3O[C@@]1(c1ccc(Br)cc1)[C@H](c1ccccc1)[C@@H]1C[C@@H]12. The number of aliphatic hydroxyl groups is 1. The quantitative estimate of drug-likeness (QED) is 0.563. The van der Waals surface area contributed by atoms with Crippen LogP contribution in [0.5, 0.6) is 5.75 Å². The normalized spacial score (nSPS) is 34.3. The first-order valence-electron chi connectivity index (χ1n) is 9.44. The maximum Gasteiger partial charge on any atom is 0.176 e. The summed E-state index contributed by atoms with van der Waals surface area (Å²) in [6.45, 7) is 0. The van der Waals surface area contributed by atoms with Crippen LogP contribution < -0.4 is 4.74 Å². The third kappa shape index (κ3) is 1.96. The van der Waals surface area contributed by atoms with Crippen molar-refractivity contribution in [3.63, 3.8) is 0 Å². The fourth-order valence-electron chi connectivity index (χ4n) is 5.63. The molecular weight excluding hydrogens is 438 g/mol. The van der Waals surface area contributed by atoms with Crippen LogP contribution in [-0.2, 0) is 11.2 Å². The van der Waals surface area contributed by atoms with Crippen molar-refractivity contribution in [3.05, 3.63) is 93.2 Å². The summed E-state index contributed by atoms with van der Waals surface area (Å²) in [5.74, 6) is 1.11. The minimum absolute atomic E-state index is 0.0397. The highest BCUT2D eigenvalue weighted by Crippen LogP contribution is 2.78. The molecule has 1 aliphatic heterocycles. The molecule has 3 aliphatic rings. The minimum atomic E-state index is -1.17. The number of halogens is 2. The molecule has 5 heteroatoms. The zero-order valence-corrected chi connectivity index (χ0v) is 17.2. The van der Waals surface area contributed by atoms with E-state index in [1.54, 1.807) is 12.3 Å². The van der Waals surface area contributed by atoms with Crippen LogP contribution in [0.1, 0.15) is 29.2 Å². The van der Waals surface area contributed by atoms with Crippen LogP contribution in [0.2, 0.25) is 5.02 Å². The monoisotopic (exact) mass is 453 g/mol. The smallest absolute Gasteiger partial charge is 0.176 e. The van der Waals surface area contributed by atoms with Gasteiger partial charge in [0.25, 0.3) is 0 Å². The Bertz CT molecular complexity index is 1090. The third-order valence-corrected chi connectivity index (χ3v) is 7.43. The average Bonchev–Trinajstić information content (AvgIpc) is 3.39. The molecule has 2 aromatic carbocycles. The maximum absolute atomic E-state index is 12.2. The number of hydrogen-bond acceptors (Lipinski definition) is 3. The first-order valence-corrected chi connectivity index (χ1v) is 10.6. The van der Waals surface area contributed by atoms with E-state index in [2.05, 4.69) is 45.2 Å². The third-order valence-electron chi connectivity index (χ3n) is 6.69. The van der Waals surface area contributed by atoms with Crippen LogP contribution in [0.3, 0.4) is 0 Å². The Balaban J connectivity index is 1.65. The van der Waals surface area contributed by atoms with Crippen LogP contribution in [0.15, 0.2) is 71.3 Å². The second kappa shape index (κ2) is 5.59. The Labute approximate surface area is 176 Å². The van der Waals surface area contributed by atoms with E-state index >= 15 is 0 Å². The van der Waals surface area contributed by atoms with E-state index in [1.165, 1.54) is 5.56 Å². The number of benzene rings is 2. The van der Waals surface area contributed by atoms with Crippen molar-refractivity contribution in [2.45, 2.75) is 23.5 Å². The van der Waals surface area contributed by atoms with Gasteiger partial charge in [0.05, 0.1) is 5.02 Å². The van der Waals surface area contributed by atoms with Gasteiger partial charge in [-0.3, -0.25) is 4.98 Å². The zero-order valence-electron chi connectivity index (χ0n) is 14.8. The van der Waals surface area contributed by atoms with Gasteiger partial charge in [-0.2, -0.15) is 0 Å². The summed E-state index contributed by atoms with van der Waals surface area (Å²) >= 11 is 9.73. The lowest BCUT2D eigenvalue weighted by Gasteiger charge is -2.42. The van der Waals surface area contributed by atoms with Crippen LogP contribution >= 0.6 is 27.5 Å². The number of ether oxygens (including phenoxy) is 1. The summed E-state index contributed by atoms with van der Waals surface area (Å²) in [6, 6.07) is 20.3. The summed E-state index contributed by atoms with van der Waals surface area (Å²) in [6.07, 6.45) is 2.58. The molecule has 28 heavy (non-hydrogen) atoms. The number of pyridine rings is 1. The number of aromatic nitrogens is 1. The minimum Gasteiger partial charge on any atom is -0.476 e. The van der Waals surface area contributed by atoms with Crippen molar-refractivity contribution in [1.82, 2.24) is 4.98 Å². The Hall–Kier alpha value is -1.88. The molecule has 6 rings (SSSR count). The van der Waals surface area contributed by atoms with Gasteiger partial charge in [-0.1, -0.05) is 70.0 Å². The van der Waals surface area contributed by atoms with Crippen molar-refractivity contribution < 1.29 is 9.84 Å². The summed E-state index contributed by atoms with van der Waals surface area (Å²) in [7, 11) is 0. The molecule has 0 amide bonds. The molecule has 0 radical (unpaired) electrons. The summed E-state index contributed by atoms with van der Waals surface area (Å²) in [5.41, 5.74) is 0.682. The number of fused-ring (bicyclic) bond motifs is 5. The fourth-order valence-corrected chi connectivity index (χ4v) is 6.04. The van der Waals surface area contributed by atoms with Crippen LogP contribution in [0.25, 0.3) is 0 Å². The van der Waals surface area contributed by atoms with Gasteiger partial charge in [0.15, 0.2) is 11.2 Å². The number of nitrogens with zero attached hydrogens (tertiary/aromatic N) is 1. The van der Waals surface area contributed by atoms with Gasteiger partial charge in [-0.25, -0.2) is 0 Å². The molecule has 140 valence electrons. The van der Waals surface area contributed by atoms with E-state index in [4.69, 9.17) is 16.3 Å². The highest BCUT2D eigenvalue weighted by atomic mass is 79.9. The van der Waals surface area contributed by atoms with Crippen molar-refractivity contribution in [3.8, 4) is 5.75 Å². The van der Waals surface area contributed by atoms with Gasteiger partial charge in [0.2, 0.25) is 0 Å². The predicted octanol–water partition coefficient (Wildman–Crippen LogP) is 5.41. The molecule has 2 aliphatic carbocycles. The number of rotatable bonds is 2. The zero-order chi connectivity index (χ0) is 19.1. The Kier molecular flexibility index (Phi) is 3.40. The van der Waals surface area contributed by atoms with Crippen molar-refractivity contribution in [1.29, 1.82) is 0 Å². The summed E-state index contributed by atoms with van der Waals surface area (Å²) in [4.78, 5) is 4.55. The molecule has 0 unspecified atom stereocenters. The van der Waals surface area contributed by atoms with Gasteiger partial charge in [-0.15, -0.1) is 0 Å². The van der Waals surface area contributed by atoms with Crippen LogP contribution in [0.4, 0.5) is 0 Å². The van der Waals surface area contributed by atoms with Gasteiger partial charge >= 0.3 is 0 Å².